The summed E-state index contributed by atoms with van der Waals surface area (Å²) in [6.07, 6.45) is -0.0628. The lowest BCUT2D eigenvalue weighted by Crippen LogP contribution is -2.03. The van der Waals surface area contributed by atoms with Gasteiger partial charge in [0.05, 0.1) is 5.02 Å². The first kappa shape index (κ1) is 12.3. The van der Waals surface area contributed by atoms with E-state index >= 15 is 0 Å². The summed E-state index contributed by atoms with van der Waals surface area (Å²) in [5.74, 6) is 0.607. The van der Waals surface area contributed by atoms with Gasteiger partial charge in [-0.3, -0.25) is 0 Å². The molecule has 0 amide bonds. The van der Waals surface area contributed by atoms with Gasteiger partial charge in [0.1, 0.15) is 11.9 Å². The maximum Gasteiger partial charge on any atom is 0.140 e. The summed E-state index contributed by atoms with van der Waals surface area (Å²) < 4.78 is 5.80. The van der Waals surface area contributed by atoms with E-state index in [0.717, 1.165) is 5.56 Å². The van der Waals surface area contributed by atoms with Crippen LogP contribution in [0.15, 0.2) is 48.5 Å². The lowest BCUT2D eigenvalue weighted by atomic mass is 10.1. The van der Waals surface area contributed by atoms with E-state index in [0.29, 0.717) is 15.8 Å². The fourth-order valence-corrected chi connectivity index (χ4v) is 1.87. The van der Waals surface area contributed by atoms with E-state index in [9.17, 15) is 0 Å². The van der Waals surface area contributed by atoms with Gasteiger partial charge in [-0.25, -0.2) is 0 Å². The Hall–Kier alpha value is -1.18. The van der Waals surface area contributed by atoms with E-state index in [2.05, 4.69) is 0 Å². The maximum absolute atomic E-state index is 6.04. The number of halogens is 2. The molecule has 0 aliphatic carbocycles. The number of hydrogen-bond acceptors (Lipinski definition) is 1. The zero-order valence-corrected chi connectivity index (χ0v) is 10.9. The smallest absolute Gasteiger partial charge is 0.140 e. The molecule has 0 saturated heterocycles. The Morgan fingerprint density at radius 3 is 2.41 bits per heavy atom. The fourth-order valence-electron chi connectivity index (χ4n) is 1.55. The number of ether oxygens (including phenoxy) is 1. The number of hydrogen-bond donors (Lipinski definition) is 0. The highest BCUT2D eigenvalue weighted by Crippen LogP contribution is 2.31. The Balaban J connectivity index is 2.18. The van der Waals surface area contributed by atoms with Crippen LogP contribution in [0.3, 0.4) is 0 Å². The summed E-state index contributed by atoms with van der Waals surface area (Å²) in [6, 6.07) is 15.2. The summed E-state index contributed by atoms with van der Waals surface area (Å²) in [5, 5.41) is 1.18. The van der Waals surface area contributed by atoms with Gasteiger partial charge in [-0.2, -0.15) is 0 Å². The Kier molecular flexibility index (Phi) is 3.93. The average Bonchev–Trinajstić information content (AvgIpc) is 2.35. The van der Waals surface area contributed by atoms with E-state index in [1.54, 1.807) is 18.2 Å². The van der Waals surface area contributed by atoms with Crippen molar-refractivity contribution in [2.75, 3.05) is 0 Å². The summed E-state index contributed by atoms with van der Waals surface area (Å²) in [7, 11) is 0. The topological polar surface area (TPSA) is 9.23 Å². The molecule has 88 valence electrons. The van der Waals surface area contributed by atoms with E-state index in [-0.39, 0.29) is 6.10 Å². The zero-order chi connectivity index (χ0) is 12.3. The van der Waals surface area contributed by atoms with Crippen molar-refractivity contribution in [3.63, 3.8) is 0 Å². The highest BCUT2D eigenvalue weighted by molar-refractivity contribution is 6.34. The Labute approximate surface area is 111 Å². The van der Waals surface area contributed by atoms with Gasteiger partial charge >= 0.3 is 0 Å². The monoisotopic (exact) mass is 266 g/mol. The van der Waals surface area contributed by atoms with Crippen molar-refractivity contribution in [3.05, 3.63) is 64.1 Å². The molecule has 0 aliphatic heterocycles. The molecule has 0 fully saturated rings. The molecular weight excluding hydrogens is 255 g/mol. The van der Waals surface area contributed by atoms with Gasteiger partial charge in [-0.05, 0) is 24.6 Å². The molecule has 0 N–H and O–H groups in total. The van der Waals surface area contributed by atoms with E-state index in [4.69, 9.17) is 27.9 Å². The molecule has 0 saturated carbocycles. The zero-order valence-electron chi connectivity index (χ0n) is 9.36. The van der Waals surface area contributed by atoms with E-state index < -0.39 is 0 Å². The van der Waals surface area contributed by atoms with Gasteiger partial charge in [0.25, 0.3) is 0 Å². The van der Waals surface area contributed by atoms with Gasteiger partial charge in [0, 0.05) is 11.1 Å². The minimum atomic E-state index is -0.0628. The van der Waals surface area contributed by atoms with Crippen LogP contribution in [0, 0.1) is 0 Å². The summed E-state index contributed by atoms with van der Waals surface area (Å²) >= 11 is 12.0. The Bertz CT molecular complexity index is 497. The van der Waals surface area contributed by atoms with Gasteiger partial charge in [-0.1, -0.05) is 53.5 Å². The number of benzene rings is 2. The third-order valence-corrected chi connectivity index (χ3v) is 3.01. The summed E-state index contributed by atoms with van der Waals surface area (Å²) in [6.45, 7) is 1.98. The van der Waals surface area contributed by atoms with Crippen molar-refractivity contribution in [1.29, 1.82) is 0 Å². The second-order valence-corrected chi connectivity index (χ2v) is 4.59. The Morgan fingerprint density at radius 1 is 1.00 bits per heavy atom. The second kappa shape index (κ2) is 5.44. The lowest BCUT2D eigenvalue weighted by Gasteiger charge is -2.16. The van der Waals surface area contributed by atoms with E-state index in [1.807, 2.05) is 37.3 Å². The van der Waals surface area contributed by atoms with Crippen LogP contribution < -0.4 is 4.74 Å². The van der Waals surface area contributed by atoms with Crippen molar-refractivity contribution in [2.45, 2.75) is 13.0 Å². The highest BCUT2D eigenvalue weighted by atomic mass is 35.5. The molecule has 1 unspecified atom stereocenters. The molecule has 2 rings (SSSR count). The molecule has 17 heavy (non-hydrogen) atoms. The lowest BCUT2D eigenvalue weighted by molar-refractivity contribution is 0.227. The summed E-state index contributed by atoms with van der Waals surface area (Å²) in [5.41, 5.74) is 1.10. The van der Waals surface area contributed by atoms with Gasteiger partial charge in [0.2, 0.25) is 0 Å². The second-order valence-electron chi connectivity index (χ2n) is 3.75. The van der Waals surface area contributed by atoms with Crippen LogP contribution in [0.25, 0.3) is 0 Å². The first-order valence-electron chi connectivity index (χ1n) is 5.33. The van der Waals surface area contributed by atoms with Crippen LogP contribution >= 0.6 is 23.2 Å². The highest BCUT2D eigenvalue weighted by Gasteiger charge is 2.09. The molecule has 0 aromatic heterocycles. The minimum Gasteiger partial charge on any atom is -0.484 e. The van der Waals surface area contributed by atoms with Crippen LogP contribution in [0.4, 0.5) is 0 Å². The van der Waals surface area contributed by atoms with E-state index in [1.165, 1.54) is 0 Å². The minimum absolute atomic E-state index is 0.0628. The Morgan fingerprint density at radius 2 is 1.71 bits per heavy atom. The van der Waals surface area contributed by atoms with Crippen molar-refractivity contribution in [2.24, 2.45) is 0 Å². The van der Waals surface area contributed by atoms with Crippen LogP contribution in [-0.2, 0) is 0 Å². The molecule has 2 aromatic rings. The van der Waals surface area contributed by atoms with Crippen LogP contribution in [0.2, 0.25) is 10.0 Å². The first-order chi connectivity index (χ1) is 8.16. The normalized spacial score (nSPS) is 12.2. The summed E-state index contributed by atoms with van der Waals surface area (Å²) in [4.78, 5) is 0. The molecule has 0 radical (unpaired) electrons. The van der Waals surface area contributed by atoms with Crippen molar-refractivity contribution >= 4 is 23.2 Å². The van der Waals surface area contributed by atoms with Crippen LogP contribution in [0.1, 0.15) is 18.6 Å². The standard InChI is InChI=1S/C14H12Cl2O/c1-10(11-5-3-2-4-6-11)17-14-9-12(15)7-8-13(14)16/h2-10H,1H3. The van der Waals surface area contributed by atoms with Gasteiger partial charge < -0.3 is 4.74 Å². The maximum atomic E-state index is 6.04. The first-order valence-corrected chi connectivity index (χ1v) is 6.09. The molecular formula is C14H12Cl2O. The predicted molar refractivity (Wildman–Crippen MR) is 71.9 cm³/mol. The predicted octanol–water partition coefficient (Wildman–Crippen LogP) is 5.13. The average molecular weight is 267 g/mol. The molecule has 1 nitrogen and oxygen atoms in total. The molecule has 3 heteroatoms. The molecule has 0 heterocycles. The number of rotatable bonds is 3. The molecule has 0 bridgehead atoms. The van der Waals surface area contributed by atoms with Gasteiger partial charge in [0.15, 0.2) is 0 Å². The van der Waals surface area contributed by atoms with Crippen molar-refractivity contribution in [3.8, 4) is 5.75 Å². The van der Waals surface area contributed by atoms with Gasteiger partial charge in [-0.15, -0.1) is 0 Å². The largest absolute Gasteiger partial charge is 0.484 e. The quantitative estimate of drug-likeness (QED) is 0.748. The van der Waals surface area contributed by atoms with Crippen molar-refractivity contribution in [1.82, 2.24) is 0 Å². The third kappa shape index (κ3) is 3.15. The molecule has 0 aliphatic rings. The molecule has 0 spiro atoms. The SMILES string of the molecule is CC(Oc1cc(Cl)ccc1Cl)c1ccccc1. The third-order valence-electron chi connectivity index (χ3n) is 2.47. The molecule has 1 atom stereocenters. The van der Waals surface area contributed by atoms with Crippen LogP contribution in [-0.4, -0.2) is 0 Å². The fraction of sp³-hybridized carbons (Fsp3) is 0.143. The van der Waals surface area contributed by atoms with Crippen LogP contribution in [0.5, 0.6) is 5.75 Å². The molecule has 2 aromatic carbocycles. The van der Waals surface area contributed by atoms with Crippen molar-refractivity contribution < 1.29 is 4.74 Å².